The molecule has 0 amide bonds. The van der Waals surface area contributed by atoms with Crippen molar-refractivity contribution in [2.24, 2.45) is 10.9 Å². The number of halogens is 1. The van der Waals surface area contributed by atoms with E-state index in [4.69, 9.17) is 4.52 Å². The predicted octanol–water partition coefficient (Wildman–Crippen LogP) is 4.18. The molecule has 9 heteroatoms. The molecule has 0 aromatic carbocycles. The molecular weight excluding hydrogens is 511 g/mol. The van der Waals surface area contributed by atoms with Gasteiger partial charge in [-0.05, 0) is 50.7 Å². The zero-order valence-electron chi connectivity index (χ0n) is 18.6. The molecule has 3 rings (SSSR count). The highest BCUT2D eigenvalue weighted by Gasteiger charge is 2.31. The van der Waals surface area contributed by atoms with Crippen LogP contribution in [0.4, 0.5) is 0 Å². The summed E-state index contributed by atoms with van der Waals surface area (Å²) in [6.45, 7) is 11.5. The summed E-state index contributed by atoms with van der Waals surface area (Å²) in [6, 6.07) is 4.87. The molecule has 0 aliphatic carbocycles. The van der Waals surface area contributed by atoms with Crippen molar-refractivity contribution in [1.29, 1.82) is 0 Å². The van der Waals surface area contributed by atoms with E-state index in [9.17, 15) is 0 Å². The SMILES string of the molecule is CCNC(=NCc1noc(C(C)(C)C)n1)NCC1CCCN(C)C1c1cccs1.I. The smallest absolute Gasteiger partial charge is 0.232 e. The average molecular weight is 547 g/mol. The lowest BCUT2D eigenvalue weighted by Crippen LogP contribution is -2.44. The lowest BCUT2D eigenvalue weighted by atomic mass is 9.88. The Kier molecular flexibility index (Phi) is 9.55. The van der Waals surface area contributed by atoms with Gasteiger partial charge in [0.05, 0.1) is 0 Å². The molecule has 2 N–H and O–H groups in total. The standard InChI is InChI=1S/C21H34N6OS.HI/c1-6-22-20(24-14-17-25-19(28-26-17)21(2,3)4)23-13-15-9-7-11-27(5)18(15)16-10-8-12-29-16;/h8,10,12,15,18H,6-7,9,11,13-14H2,1-5H3,(H2,22,23,24);1H. The first-order valence-corrected chi connectivity index (χ1v) is 11.4. The quantitative estimate of drug-likeness (QED) is 0.322. The van der Waals surface area contributed by atoms with E-state index in [-0.39, 0.29) is 29.4 Å². The number of hydrogen-bond acceptors (Lipinski definition) is 6. The van der Waals surface area contributed by atoms with Crippen LogP contribution in [-0.2, 0) is 12.0 Å². The number of hydrogen-bond donors (Lipinski definition) is 2. The van der Waals surface area contributed by atoms with Gasteiger partial charge in [-0.1, -0.05) is 32.0 Å². The van der Waals surface area contributed by atoms with Crippen LogP contribution in [0, 0.1) is 5.92 Å². The largest absolute Gasteiger partial charge is 0.357 e. The van der Waals surface area contributed by atoms with Crippen molar-refractivity contribution >= 4 is 41.3 Å². The second kappa shape index (κ2) is 11.4. The summed E-state index contributed by atoms with van der Waals surface area (Å²) in [4.78, 5) is 13.1. The molecule has 1 fully saturated rings. The van der Waals surface area contributed by atoms with Crippen molar-refractivity contribution in [3.63, 3.8) is 0 Å². The van der Waals surface area contributed by atoms with Gasteiger partial charge >= 0.3 is 0 Å². The van der Waals surface area contributed by atoms with Gasteiger partial charge in [-0.25, -0.2) is 4.99 Å². The van der Waals surface area contributed by atoms with E-state index in [0.717, 1.165) is 25.6 Å². The number of nitrogens with one attached hydrogen (secondary N) is 2. The van der Waals surface area contributed by atoms with Crippen LogP contribution in [0.3, 0.4) is 0 Å². The van der Waals surface area contributed by atoms with Gasteiger partial charge in [0, 0.05) is 29.4 Å². The molecule has 2 atom stereocenters. The molecule has 2 unspecified atom stereocenters. The minimum Gasteiger partial charge on any atom is -0.357 e. The van der Waals surface area contributed by atoms with Crippen LogP contribution in [0.25, 0.3) is 0 Å². The Balaban J connectivity index is 0.00000320. The number of aliphatic imine (C=N–C) groups is 1. The Bertz CT molecular complexity index is 786. The number of rotatable bonds is 6. The Morgan fingerprint density at radius 1 is 1.37 bits per heavy atom. The molecule has 0 radical (unpaired) electrons. The highest BCUT2D eigenvalue weighted by molar-refractivity contribution is 14.0. The maximum Gasteiger partial charge on any atom is 0.232 e. The van der Waals surface area contributed by atoms with Crippen LogP contribution < -0.4 is 10.6 Å². The Morgan fingerprint density at radius 3 is 2.80 bits per heavy atom. The van der Waals surface area contributed by atoms with Gasteiger partial charge in [-0.3, -0.25) is 4.90 Å². The maximum absolute atomic E-state index is 5.37. The van der Waals surface area contributed by atoms with Gasteiger partial charge in [-0.2, -0.15) is 4.98 Å². The summed E-state index contributed by atoms with van der Waals surface area (Å²) in [7, 11) is 2.24. The molecule has 3 heterocycles. The first-order chi connectivity index (χ1) is 13.9. The topological polar surface area (TPSA) is 78.6 Å². The van der Waals surface area contributed by atoms with Gasteiger partial charge in [-0.15, -0.1) is 35.3 Å². The molecule has 2 aromatic rings. The fourth-order valence-electron chi connectivity index (χ4n) is 3.72. The lowest BCUT2D eigenvalue weighted by molar-refractivity contribution is 0.125. The number of piperidine rings is 1. The zero-order chi connectivity index (χ0) is 20.9. The van der Waals surface area contributed by atoms with Crippen molar-refractivity contribution in [2.45, 2.75) is 58.5 Å². The van der Waals surface area contributed by atoms with Crippen LogP contribution in [0.5, 0.6) is 0 Å². The fourth-order valence-corrected chi connectivity index (χ4v) is 4.71. The minimum absolute atomic E-state index is 0. The van der Waals surface area contributed by atoms with Crippen LogP contribution in [0.15, 0.2) is 27.0 Å². The fraction of sp³-hybridized carbons (Fsp3) is 0.667. The maximum atomic E-state index is 5.37. The molecule has 1 aliphatic rings. The molecule has 1 saturated heterocycles. The summed E-state index contributed by atoms with van der Waals surface area (Å²) in [5, 5.41) is 13.1. The summed E-state index contributed by atoms with van der Waals surface area (Å²) < 4.78 is 5.37. The molecule has 2 aromatic heterocycles. The molecule has 168 valence electrons. The number of thiophene rings is 1. The van der Waals surface area contributed by atoms with E-state index in [1.54, 1.807) is 0 Å². The van der Waals surface area contributed by atoms with Crippen molar-refractivity contribution in [2.75, 3.05) is 26.7 Å². The number of likely N-dealkylation sites (tertiary alicyclic amines) is 1. The van der Waals surface area contributed by atoms with Crippen molar-refractivity contribution in [1.82, 2.24) is 25.7 Å². The van der Waals surface area contributed by atoms with Crippen LogP contribution in [0.2, 0.25) is 0 Å². The average Bonchev–Trinajstić information content (AvgIpc) is 3.35. The minimum atomic E-state index is -0.151. The summed E-state index contributed by atoms with van der Waals surface area (Å²) in [5.74, 6) is 2.60. The van der Waals surface area contributed by atoms with E-state index >= 15 is 0 Å². The molecule has 0 spiro atoms. The second-order valence-electron chi connectivity index (χ2n) is 8.68. The Morgan fingerprint density at radius 2 is 2.17 bits per heavy atom. The zero-order valence-corrected chi connectivity index (χ0v) is 21.8. The normalized spacial score (nSPS) is 20.6. The summed E-state index contributed by atoms with van der Waals surface area (Å²) in [5.41, 5.74) is -0.151. The van der Waals surface area contributed by atoms with E-state index in [0.29, 0.717) is 30.2 Å². The van der Waals surface area contributed by atoms with Crippen molar-refractivity contribution in [3.8, 4) is 0 Å². The van der Waals surface area contributed by atoms with Gasteiger partial charge in [0.25, 0.3) is 0 Å². The predicted molar refractivity (Wildman–Crippen MR) is 134 cm³/mol. The first kappa shape index (κ1) is 25.1. The molecule has 0 bridgehead atoms. The van der Waals surface area contributed by atoms with Gasteiger partial charge in [0.15, 0.2) is 11.8 Å². The van der Waals surface area contributed by atoms with Gasteiger partial charge < -0.3 is 15.2 Å². The van der Waals surface area contributed by atoms with Crippen LogP contribution >= 0.6 is 35.3 Å². The molecule has 1 aliphatic heterocycles. The second-order valence-corrected chi connectivity index (χ2v) is 9.66. The van der Waals surface area contributed by atoms with E-state index < -0.39 is 0 Å². The molecular formula is C21H35IN6OS. The van der Waals surface area contributed by atoms with Gasteiger partial charge in [0.2, 0.25) is 5.89 Å². The number of guanidine groups is 1. The van der Waals surface area contributed by atoms with Crippen LogP contribution in [-0.4, -0.2) is 47.7 Å². The first-order valence-electron chi connectivity index (χ1n) is 10.5. The Hall–Kier alpha value is -1.20. The van der Waals surface area contributed by atoms with Gasteiger partial charge in [0.1, 0.15) is 6.54 Å². The molecule has 7 nitrogen and oxygen atoms in total. The third-order valence-electron chi connectivity index (χ3n) is 5.21. The van der Waals surface area contributed by atoms with E-state index in [2.05, 4.69) is 82.9 Å². The van der Waals surface area contributed by atoms with E-state index in [1.165, 1.54) is 17.7 Å². The van der Waals surface area contributed by atoms with E-state index in [1.807, 2.05) is 11.3 Å². The van der Waals surface area contributed by atoms with Crippen molar-refractivity contribution < 1.29 is 4.52 Å². The highest BCUT2D eigenvalue weighted by atomic mass is 127. The summed E-state index contributed by atoms with van der Waals surface area (Å²) in [6.07, 6.45) is 2.45. The highest BCUT2D eigenvalue weighted by Crippen LogP contribution is 2.36. The molecule has 30 heavy (non-hydrogen) atoms. The van der Waals surface area contributed by atoms with Crippen LogP contribution in [0.1, 0.15) is 63.2 Å². The third kappa shape index (κ3) is 6.65. The third-order valence-corrected chi connectivity index (χ3v) is 6.15. The monoisotopic (exact) mass is 546 g/mol. The number of aromatic nitrogens is 2. The summed E-state index contributed by atoms with van der Waals surface area (Å²) >= 11 is 1.85. The number of nitrogens with zero attached hydrogens (tertiary/aromatic N) is 4. The molecule has 0 saturated carbocycles. The Labute approximate surface area is 201 Å². The van der Waals surface area contributed by atoms with Crippen molar-refractivity contribution in [3.05, 3.63) is 34.1 Å². The lowest BCUT2D eigenvalue weighted by Gasteiger charge is -2.39.